The number of amides is 1. The van der Waals surface area contributed by atoms with Crippen LogP contribution in [0.1, 0.15) is 19.8 Å². The summed E-state index contributed by atoms with van der Waals surface area (Å²) in [5, 5.41) is 8.03. The molecule has 0 atom stereocenters. The molecule has 0 spiro atoms. The van der Waals surface area contributed by atoms with E-state index in [0.717, 1.165) is 12.8 Å². The number of hydrogen-bond donors (Lipinski definition) is 1. The molecule has 0 fully saturated rings. The van der Waals surface area contributed by atoms with Crippen molar-refractivity contribution < 1.29 is 19.4 Å². The standard InChI is InChI=1S/C7H11NO4/c1-2-3-4-12-6(9)5-8-7(10)11/h5H,2-4H2,1H3,(H,10,11). The first-order valence-corrected chi connectivity index (χ1v) is 3.60. The first kappa shape index (κ1) is 10.6. The van der Waals surface area contributed by atoms with Crippen LogP contribution in [0.2, 0.25) is 0 Å². The van der Waals surface area contributed by atoms with Crippen molar-refractivity contribution in [3.05, 3.63) is 0 Å². The summed E-state index contributed by atoms with van der Waals surface area (Å²) >= 11 is 0. The lowest BCUT2D eigenvalue weighted by Crippen LogP contribution is -2.07. The van der Waals surface area contributed by atoms with Crippen LogP contribution >= 0.6 is 0 Å². The average molecular weight is 173 g/mol. The van der Waals surface area contributed by atoms with Crippen molar-refractivity contribution in [3.8, 4) is 0 Å². The first-order valence-electron chi connectivity index (χ1n) is 3.60. The molecule has 0 aliphatic carbocycles. The van der Waals surface area contributed by atoms with Gasteiger partial charge in [-0.2, -0.15) is 4.99 Å². The fraction of sp³-hybridized carbons (Fsp3) is 0.571. The highest BCUT2D eigenvalue weighted by Crippen LogP contribution is 1.87. The summed E-state index contributed by atoms with van der Waals surface area (Å²) in [7, 11) is 0. The molecular weight excluding hydrogens is 162 g/mol. The van der Waals surface area contributed by atoms with Gasteiger partial charge in [-0.15, -0.1) is 0 Å². The lowest BCUT2D eigenvalue weighted by Gasteiger charge is -1.97. The van der Waals surface area contributed by atoms with Crippen LogP contribution in [0.5, 0.6) is 0 Å². The van der Waals surface area contributed by atoms with E-state index in [0.29, 0.717) is 12.8 Å². The van der Waals surface area contributed by atoms with Crippen molar-refractivity contribution in [3.63, 3.8) is 0 Å². The van der Waals surface area contributed by atoms with Crippen molar-refractivity contribution in [2.75, 3.05) is 6.61 Å². The molecule has 0 rings (SSSR count). The van der Waals surface area contributed by atoms with E-state index in [4.69, 9.17) is 5.11 Å². The summed E-state index contributed by atoms with van der Waals surface area (Å²) in [4.78, 5) is 23.2. The summed E-state index contributed by atoms with van der Waals surface area (Å²) in [6, 6.07) is 0. The van der Waals surface area contributed by atoms with Crippen LogP contribution in [0.4, 0.5) is 4.79 Å². The van der Waals surface area contributed by atoms with Gasteiger partial charge < -0.3 is 9.84 Å². The van der Waals surface area contributed by atoms with Crippen LogP contribution < -0.4 is 0 Å². The molecule has 12 heavy (non-hydrogen) atoms. The number of carbonyl (C=O) groups excluding carboxylic acids is 1. The fourth-order valence-corrected chi connectivity index (χ4v) is 0.462. The molecule has 0 aliphatic rings. The van der Waals surface area contributed by atoms with E-state index in [1.54, 1.807) is 0 Å². The number of nitrogens with zero attached hydrogens (tertiary/aromatic N) is 1. The van der Waals surface area contributed by atoms with Gasteiger partial charge in [0.1, 0.15) is 6.21 Å². The summed E-state index contributed by atoms with van der Waals surface area (Å²) in [6.45, 7) is 2.26. The summed E-state index contributed by atoms with van der Waals surface area (Å²) in [5.74, 6) is -0.717. The van der Waals surface area contributed by atoms with E-state index >= 15 is 0 Å². The minimum atomic E-state index is -1.40. The Balaban J connectivity index is 3.53. The van der Waals surface area contributed by atoms with Gasteiger partial charge in [0.05, 0.1) is 6.61 Å². The van der Waals surface area contributed by atoms with Gasteiger partial charge in [0.2, 0.25) is 0 Å². The predicted molar refractivity (Wildman–Crippen MR) is 42.4 cm³/mol. The average Bonchev–Trinajstić information content (AvgIpc) is 2.01. The quantitative estimate of drug-likeness (QED) is 0.392. The Hall–Kier alpha value is -1.39. The predicted octanol–water partition coefficient (Wildman–Crippen LogP) is 1.08. The summed E-state index contributed by atoms with van der Waals surface area (Å²) < 4.78 is 4.58. The summed E-state index contributed by atoms with van der Waals surface area (Å²) in [5.41, 5.74) is 0. The Bertz CT molecular complexity index is 188. The minimum absolute atomic E-state index is 0.307. The van der Waals surface area contributed by atoms with Crippen LogP contribution in [0.25, 0.3) is 0 Å². The highest BCUT2D eigenvalue weighted by atomic mass is 16.5. The second kappa shape index (κ2) is 6.33. The van der Waals surface area contributed by atoms with Gasteiger partial charge >= 0.3 is 12.1 Å². The van der Waals surface area contributed by atoms with Crippen LogP contribution in [0.15, 0.2) is 4.99 Å². The molecule has 5 heteroatoms. The number of unbranched alkanes of at least 4 members (excludes halogenated alkanes) is 1. The molecule has 1 N–H and O–H groups in total. The number of carboxylic acid groups (broad SMARTS) is 1. The minimum Gasteiger partial charge on any atom is -0.463 e. The third-order valence-corrected chi connectivity index (χ3v) is 1.02. The van der Waals surface area contributed by atoms with Gasteiger partial charge in [-0.3, -0.25) is 0 Å². The number of carbonyl (C=O) groups is 2. The summed E-state index contributed by atoms with van der Waals surface area (Å²) in [6.07, 6.45) is 0.941. The third kappa shape index (κ3) is 6.73. The van der Waals surface area contributed by atoms with Crippen LogP contribution in [0.3, 0.4) is 0 Å². The van der Waals surface area contributed by atoms with Gasteiger partial charge in [-0.05, 0) is 6.42 Å². The van der Waals surface area contributed by atoms with Crippen LogP contribution in [-0.2, 0) is 9.53 Å². The van der Waals surface area contributed by atoms with Gasteiger partial charge in [0.15, 0.2) is 0 Å². The fourth-order valence-electron chi connectivity index (χ4n) is 0.462. The maximum Gasteiger partial charge on any atom is 0.431 e. The van der Waals surface area contributed by atoms with Gasteiger partial charge in [0, 0.05) is 0 Å². The zero-order valence-electron chi connectivity index (χ0n) is 6.82. The zero-order valence-corrected chi connectivity index (χ0v) is 6.82. The van der Waals surface area contributed by atoms with E-state index < -0.39 is 12.1 Å². The Labute approximate surface area is 70.1 Å². The molecule has 0 saturated heterocycles. The van der Waals surface area contributed by atoms with Gasteiger partial charge in [-0.25, -0.2) is 9.59 Å². The molecule has 0 aromatic heterocycles. The highest BCUT2D eigenvalue weighted by Gasteiger charge is 1.97. The van der Waals surface area contributed by atoms with E-state index in [1.807, 2.05) is 6.92 Å². The Morgan fingerprint density at radius 1 is 1.58 bits per heavy atom. The van der Waals surface area contributed by atoms with Crippen LogP contribution in [0, 0.1) is 0 Å². The van der Waals surface area contributed by atoms with Crippen LogP contribution in [-0.4, -0.2) is 30.0 Å². The van der Waals surface area contributed by atoms with E-state index in [-0.39, 0.29) is 0 Å². The second-order valence-corrected chi connectivity index (χ2v) is 2.06. The zero-order chi connectivity index (χ0) is 9.40. The van der Waals surface area contributed by atoms with Crippen molar-refractivity contribution in [1.82, 2.24) is 0 Å². The molecular formula is C7H11NO4. The molecule has 0 aromatic rings. The second-order valence-electron chi connectivity index (χ2n) is 2.06. The Kier molecular flexibility index (Phi) is 5.60. The van der Waals surface area contributed by atoms with E-state index in [1.165, 1.54) is 0 Å². The maximum absolute atomic E-state index is 10.6. The molecule has 0 aromatic carbocycles. The van der Waals surface area contributed by atoms with Gasteiger partial charge in [-0.1, -0.05) is 13.3 Å². The monoisotopic (exact) mass is 173 g/mol. The lowest BCUT2D eigenvalue weighted by molar-refractivity contribution is -0.135. The molecule has 68 valence electrons. The van der Waals surface area contributed by atoms with E-state index in [2.05, 4.69) is 9.73 Å². The normalized spacial score (nSPS) is 10.1. The smallest absolute Gasteiger partial charge is 0.431 e. The molecule has 1 amide bonds. The number of aliphatic imine (C=N–C) groups is 1. The third-order valence-electron chi connectivity index (χ3n) is 1.02. The molecule has 0 radical (unpaired) electrons. The molecule has 0 bridgehead atoms. The molecule has 0 aliphatic heterocycles. The number of rotatable bonds is 4. The highest BCUT2D eigenvalue weighted by molar-refractivity contribution is 6.24. The van der Waals surface area contributed by atoms with Crippen molar-refractivity contribution in [2.24, 2.45) is 4.99 Å². The van der Waals surface area contributed by atoms with E-state index in [9.17, 15) is 9.59 Å². The Morgan fingerprint density at radius 2 is 2.25 bits per heavy atom. The Morgan fingerprint density at radius 3 is 2.75 bits per heavy atom. The van der Waals surface area contributed by atoms with Crippen molar-refractivity contribution in [1.29, 1.82) is 0 Å². The largest absolute Gasteiger partial charge is 0.463 e. The topological polar surface area (TPSA) is 76.0 Å². The first-order chi connectivity index (χ1) is 5.66. The lowest BCUT2D eigenvalue weighted by atomic mass is 10.4. The number of ether oxygens (including phenoxy) is 1. The molecule has 0 heterocycles. The maximum atomic E-state index is 10.6. The number of hydrogen-bond acceptors (Lipinski definition) is 3. The molecule has 0 unspecified atom stereocenters. The molecule has 0 saturated carbocycles. The SMILES string of the molecule is CCCCOC(=O)C=NC(=O)O. The van der Waals surface area contributed by atoms with Gasteiger partial charge in [0.25, 0.3) is 0 Å². The molecule has 5 nitrogen and oxygen atoms in total. The van der Waals surface area contributed by atoms with Crippen molar-refractivity contribution >= 4 is 18.3 Å². The number of esters is 1. The van der Waals surface area contributed by atoms with Crippen molar-refractivity contribution in [2.45, 2.75) is 19.8 Å².